The summed E-state index contributed by atoms with van der Waals surface area (Å²) in [7, 11) is 1.77. The van der Waals surface area contributed by atoms with Gasteiger partial charge in [-0.25, -0.2) is 4.98 Å². The Labute approximate surface area is 177 Å². The van der Waals surface area contributed by atoms with Crippen molar-refractivity contribution in [1.29, 1.82) is 0 Å². The van der Waals surface area contributed by atoms with Crippen LogP contribution < -0.4 is 5.56 Å². The van der Waals surface area contributed by atoms with E-state index in [0.29, 0.717) is 11.7 Å². The van der Waals surface area contributed by atoms with Crippen molar-refractivity contribution in [2.24, 2.45) is 7.05 Å². The van der Waals surface area contributed by atoms with Gasteiger partial charge in [0.25, 0.3) is 5.56 Å². The molecule has 3 heterocycles. The molecule has 5 rings (SSSR count). The molecule has 0 bridgehead atoms. The predicted octanol–water partition coefficient (Wildman–Crippen LogP) is 3.55. The molecule has 1 amide bonds. The number of amides is 1. The van der Waals surface area contributed by atoms with E-state index in [9.17, 15) is 9.59 Å². The number of benzene rings is 1. The summed E-state index contributed by atoms with van der Waals surface area (Å²) >= 11 is 3.04. The van der Waals surface area contributed by atoms with Crippen LogP contribution in [0.2, 0.25) is 0 Å². The highest BCUT2D eigenvalue weighted by Crippen LogP contribution is 2.36. The van der Waals surface area contributed by atoms with Gasteiger partial charge in [-0.15, -0.1) is 11.3 Å². The van der Waals surface area contributed by atoms with Crippen LogP contribution in [0.3, 0.4) is 0 Å². The van der Waals surface area contributed by atoms with Gasteiger partial charge in [-0.2, -0.15) is 0 Å². The van der Waals surface area contributed by atoms with Crippen LogP contribution in [-0.4, -0.2) is 32.2 Å². The Morgan fingerprint density at radius 3 is 2.83 bits per heavy atom. The standard InChI is InChI=1S/C22H23N3O2S2/c1-13(20(26)25-11-10-14-6-3-4-7-15(14)12-25)28-22-23-19-18(21(27)24(22)2)16-8-5-9-17(16)29-19/h3-4,6-7,13H,5,8-12H2,1-2H3. The molecule has 3 aromatic rings. The van der Waals surface area contributed by atoms with E-state index >= 15 is 0 Å². The first kappa shape index (κ1) is 18.9. The molecule has 2 aliphatic rings. The number of fused-ring (bicyclic) bond motifs is 4. The van der Waals surface area contributed by atoms with Gasteiger partial charge in [0.1, 0.15) is 4.83 Å². The summed E-state index contributed by atoms with van der Waals surface area (Å²) in [4.78, 5) is 34.9. The molecular formula is C22H23N3O2S2. The van der Waals surface area contributed by atoms with Crippen LogP contribution in [-0.2, 0) is 37.6 Å². The molecule has 1 aliphatic carbocycles. The van der Waals surface area contributed by atoms with Crippen LogP contribution in [0, 0.1) is 0 Å². The number of rotatable bonds is 3. The quantitative estimate of drug-likeness (QED) is 0.476. The van der Waals surface area contributed by atoms with Gasteiger partial charge in [-0.1, -0.05) is 36.0 Å². The number of thioether (sulfide) groups is 1. The lowest BCUT2D eigenvalue weighted by atomic mass is 10.00. The van der Waals surface area contributed by atoms with Gasteiger partial charge < -0.3 is 4.90 Å². The lowest BCUT2D eigenvalue weighted by Gasteiger charge is -2.30. The number of nitrogens with zero attached hydrogens (tertiary/aromatic N) is 3. The van der Waals surface area contributed by atoms with Gasteiger partial charge in [0, 0.05) is 25.0 Å². The van der Waals surface area contributed by atoms with E-state index in [1.807, 2.05) is 17.9 Å². The minimum atomic E-state index is -0.289. The van der Waals surface area contributed by atoms with Gasteiger partial charge in [0.05, 0.1) is 10.6 Å². The Bertz CT molecular complexity index is 1180. The van der Waals surface area contributed by atoms with Crippen LogP contribution in [0.5, 0.6) is 0 Å². The average molecular weight is 426 g/mol. The second-order valence-corrected chi connectivity index (χ2v) is 10.2. The van der Waals surface area contributed by atoms with Crippen molar-refractivity contribution in [2.45, 2.75) is 49.6 Å². The fourth-order valence-electron chi connectivity index (χ4n) is 4.36. The normalized spacial score (nSPS) is 16.7. The minimum absolute atomic E-state index is 0.0171. The Balaban J connectivity index is 1.39. The molecule has 1 unspecified atom stereocenters. The molecular weight excluding hydrogens is 402 g/mol. The zero-order valence-electron chi connectivity index (χ0n) is 16.6. The number of carbonyl (C=O) groups is 1. The van der Waals surface area contributed by atoms with E-state index in [0.717, 1.165) is 42.4 Å². The second-order valence-electron chi connectivity index (χ2n) is 7.83. The molecule has 0 saturated heterocycles. The second kappa shape index (κ2) is 7.29. The number of carbonyl (C=O) groups excluding carboxylic acids is 1. The summed E-state index contributed by atoms with van der Waals surface area (Å²) in [6.07, 6.45) is 4.04. The fraction of sp³-hybridized carbons (Fsp3) is 0.409. The zero-order valence-corrected chi connectivity index (χ0v) is 18.2. The first-order valence-electron chi connectivity index (χ1n) is 10.1. The number of thiophene rings is 1. The maximum absolute atomic E-state index is 13.1. The van der Waals surface area contributed by atoms with Crippen molar-refractivity contribution >= 4 is 39.2 Å². The Hall–Kier alpha value is -2.12. The smallest absolute Gasteiger partial charge is 0.262 e. The van der Waals surface area contributed by atoms with Gasteiger partial charge >= 0.3 is 0 Å². The third kappa shape index (κ3) is 3.20. The third-order valence-electron chi connectivity index (χ3n) is 5.98. The van der Waals surface area contributed by atoms with E-state index in [1.165, 1.54) is 33.3 Å². The maximum Gasteiger partial charge on any atom is 0.262 e. The van der Waals surface area contributed by atoms with Crippen molar-refractivity contribution in [3.05, 3.63) is 56.2 Å². The molecule has 0 radical (unpaired) electrons. The number of aromatic nitrogens is 2. The highest BCUT2D eigenvalue weighted by atomic mass is 32.2. The minimum Gasteiger partial charge on any atom is -0.337 e. The Morgan fingerprint density at radius 1 is 1.21 bits per heavy atom. The van der Waals surface area contributed by atoms with Gasteiger partial charge in [-0.05, 0) is 49.3 Å². The summed E-state index contributed by atoms with van der Waals surface area (Å²) in [5.74, 6) is 0.104. The highest BCUT2D eigenvalue weighted by Gasteiger charge is 2.27. The molecule has 0 saturated carbocycles. The molecule has 0 spiro atoms. The van der Waals surface area contributed by atoms with Crippen molar-refractivity contribution in [3.8, 4) is 0 Å². The molecule has 29 heavy (non-hydrogen) atoms. The number of hydrogen-bond acceptors (Lipinski definition) is 5. The molecule has 5 nitrogen and oxygen atoms in total. The first-order valence-corrected chi connectivity index (χ1v) is 11.8. The number of hydrogen-bond donors (Lipinski definition) is 0. The van der Waals surface area contributed by atoms with Crippen LogP contribution in [0.1, 0.15) is 34.9 Å². The Morgan fingerprint density at radius 2 is 2.00 bits per heavy atom. The third-order valence-corrected chi connectivity index (χ3v) is 8.29. The molecule has 1 aliphatic heterocycles. The molecule has 0 fully saturated rings. The predicted molar refractivity (Wildman–Crippen MR) is 118 cm³/mol. The molecule has 2 aromatic heterocycles. The fourth-order valence-corrected chi connectivity index (χ4v) is 6.62. The SMILES string of the molecule is CC(Sc1nc2sc3c(c2c(=O)n1C)CCC3)C(=O)N1CCc2ccccc2C1. The lowest BCUT2D eigenvalue weighted by molar-refractivity contribution is -0.131. The lowest BCUT2D eigenvalue weighted by Crippen LogP contribution is -2.40. The van der Waals surface area contributed by atoms with Gasteiger partial charge in [-0.3, -0.25) is 14.2 Å². The van der Waals surface area contributed by atoms with E-state index in [1.54, 1.807) is 23.0 Å². The summed E-state index contributed by atoms with van der Waals surface area (Å²) in [5, 5.41) is 1.13. The Kier molecular flexibility index (Phi) is 4.75. The van der Waals surface area contributed by atoms with E-state index in [-0.39, 0.29) is 16.7 Å². The number of aryl methyl sites for hydroxylation is 2. The summed E-state index contributed by atoms with van der Waals surface area (Å²) in [5.41, 5.74) is 3.77. The summed E-state index contributed by atoms with van der Waals surface area (Å²) in [6, 6.07) is 8.32. The topological polar surface area (TPSA) is 55.2 Å². The monoisotopic (exact) mass is 425 g/mol. The molecule has 1 atom stereocenters. The van der Waals surface area contributed by atoms with E-state index in [2.05, 4.69) is 18.2 Å². The van der Waals surface area contributed by atoms with Crippen molar-refractivity contribution < 1.29 is 4.79 Å². The van der Waals surface area contributed by atoms with Crippen molar-refractivity contribution in [3.63, 3.8) is 0 Å². The van der Waals surface area contributed by atoms with Crippen molar-refractivity contribution in [1.82, 2.24) is 14.5 Å². The zero-order chi connectivity index (χ0) is 20.1. The maximum atomic E-state index is 13.1. The average Bonchev–Trinajstić information content (AvgIpc) is 3.31. The highest BCUT2D eigenvalue weighted by molar-refractivity contribution is 8.00. The largest absolute Gasteiger partial charge is 0.337 e. The summed E-state index contributed by atoms with van der Waals surface area (Å²) < 4.78 is 1.62. The molecule has 1 aromatic carbocycles. The first-order chi connectivity index (χ1) is 14.0. The van der Waals surface area contributed by atoms with Gasteiger partial charge in [0.2, 0.25) is 5.91 Å². The van der Waals surface area contributed by atoms with Crippen LogP contribution in [0.4, 0.5) is 0 Å². The molecule has 7 heteroatoms. The summed E-state index contributed by atoms with van der Waals surface area (Å²) in [6.45, 7) is 3.31. The van der Waals surface area contributed by atoms with E-state index < -0.39 is 0 Å². The molecule has 150 valence electrons. The van der Waals surface area contributed by atoms with Crippen LogP contribution in [0.15, 0.2) is 34.2 Å². The van der Waals surface area contributed by atoms with Gasteiger partial charge in [0.15, 0.2) is 5.16 Å². The molecule has 0 N–H and O–H groups in total. The van der Waals surface area contributed by atoms with Crippen LogP contribution in [0.25, 0.3) is 10.2 Å². The van der Waals surface area contributed by atoms with Crippen LogP contribution >= 0.6 is 23.1 Å². The van der Waals surface area contributed by atoms with Crippen molar-refractivity contribution in [2.75, 3.05) is 6.54 Å². The van der Waals surface area contributed by atoms with E-state index in [4.69, 9.17) is 4.98 Å².